The second kappa shape index (κ2) is 7.69. The van der Waals surface area contributed by atoms with Crippen LogP contribution in [0.15, 0.2) is 72.8 Å². The summed E-state index contributed by atoms with van der Waals surface area (Å²) in [7, 11) is 1.46. The first-order valence-corrected chi connectivity index (χ1v) is 10.3. The highest BCUT2D eigenvalue weighted by atomic mass is 16.7. The lowest BCUT2D eigenvalue weighted by Crippen LogP contribution is -2.37. The van der Waals surface area contributed by atoms with Crippen LogP contribution in [0.3, 0.4) is 0 Å². The largest absolute Gasteiger partial charge is 0.504 e. The lowest BCUT2D eigenvalue weighted by molar-refractivity contribution is -0.126. The van der Waals surface area contributed by atoms with Crippen LogP contribution >= 0.6 is 0 Å². The van der Waals surface area contributed by atoms with Crippen LogP contribution in [0, 0.1) is 12.8 Å². The van der Waals surface area contributed by atoms with Crippen molar-refractivity contribution in [1.82, 2.24) is 0 Å². The van der Waals surface area contributed by atoms with Crippen molar-refractivity contribution in [3.63, 3.8) is 0 Å². The molecule has 0 unspecified atom stereocenters. The molecule has 0 saturated carbocycles. The van der Waals surface area contributed by atoms with E-state index >= 15 is 0 Å². The predicted molar refractivity (Wildman–Crippen MR) is 118 cm³/mol. The number of hydrogen-bond donors (Lipinski definition) is 1. The molecule has 0 aromatic heterocycles. The first-order chi connectivity index (χ1) is 15.5. The number of carbonyl (C=O) groups excluding carboxylic acids is 2. The summed E-state index contributed by atoms with van der Waals surface area (Å²) in [6.07, 6.45) is -0.952. The second-order valence-corrected chi connectivity index (χ2v) is 7.89. The number of phenolic OH excluding ortho intramolecular Hbond substituents is 1. The van der Waals surface area contributed by atoms with Gasteiger partial charge in [0.15, 0.2) is 17.6 Å². The van der Waals surface area contributed by atoms with Gasteiger partial charge in [-0.05, 0) is 48.4 Å². The molecule has 2 fully saturated rings. The van der Waals surface area contributed by atoms with Crippen molar-refractivity contribution in [1.29, 1.82) is 0 Å². The Hall–Kier alpha value is -3.84. The highest BCUT2D eigenvalue weighted by Gasteiger charge is 2.60. The molecule has 2 aliphatic heterocycles. The number of amides is 2. The third kappa shape index (κ3) is 3.01. The van der Waals surface area contributed by atoms with Crippen LogP contribution in [-0.2, 0) is 14.4 Å². The van der Waals surface area contributed by atoms with Crippen molar-refractivity contribution in [2.24, 2.45) is 5.92 Å². The summed E-state index contributed by atoms with van der Waals surface area (Å²) in [6, 6.07) is 21.0. The molecule has 3 aromatic rings. The maximum atomic E-state index is 13.6. The summed E-state index contributed by atoms with van der Waals surface area (Å²) in [5, 5.41) is 11.7. The number of rotatable bonds is 4. The standard InChI is InChI=1S/C25H22N2O5/c1-15-8-6-7-11-18(15)26-24(29)21-22(16-12-13-19(28)20(14-16)31-2)27(32-23(21)25(26)30)17-9-4-3-5-10-17/h3-14,21-23,28H,1-2H3/t21-,22-,23+/m1/s1. The summed E-state index contributed by atoms with van der Waals surface area (Å²) in [5.41, 5.74) is 2.82. The van der Waals surface area contributed by atoms with Gasteiger partial charge in [0, 0.05) is 0 Å². The lowest BCUT2D eigenvalue weighted by atomic mass is 9.90. The van der Waals surface area contributed by atoms with E-state index in [1.54, 1.807) is 29.3 Å². The van der Waals surface area contributed by atoms with Crippen molar-refractivity contribution < 1.29 is 24.3 Å². The average Bonchev–Trinajstić information content (AvgIpc) is 3.31. The molecule has 3 aromatic carbocycles. The SMILES string of the molecule is COc1cc([C@@H]2[C@H]3C(=O)N(c4ccccc4C)C(=O)[C@H]3ON2c2ccccc2)ccc1O. The number of anilines is 2. The highest BCUT2D eigenvalue weighted by molar-refractivity contribution is 6.24. The van der Waals surface area contributed by atoms with E-state index in [4.69, 9.17) is 9.57 Å². The summed E-state index contributed by atoms with van der Waals surface area (Å²) >= 11 is 0. The van der Waals surface area contributed by atoms with E-state index in [-0.39, 0.29) is 23.3 Å². The molecule has 0 radical (unpaired) electrons. The molecule has 7 nitrogen and oxygen atoms in total. The fourth-order valence-corrected chi connectivity index (χ4v) is 4.48. The Morgan fingerprint density at radius 1 is 0.938 bits per heavy atom. The number of para-hydroxylation sites is 2. The fourth-order valence-electron chi connectivity index (χ4n) is 4.48. The Morgan fingerprint density at radius 3 is 2.38 bits per heavy atom. The van der Waals surface area contributed by atoms with Gasteiger partial charge in [-0.15, -0.1) is 0 Å². The number of hydroxylamine groups is 1. The van der Waals surface area contributed by atoms with Gasteiger partial charge in [0.2, 0.25) is 5.91 Å². The molecule has 162 valence electrons. The van der Waals surface area contributed by atoms with E-state index in [0.29, 0.717) is 11.3 Å². The molecule has 2 heterocycles. The number of hydrogen-bond acceptors (Lipinski definition) is 6. The van der Waals surface area contributed by atoms with E-state index in [2.05, 4.69) is 0 Å². The number of imide groups is 1. The van der Waals surface area contributed by atoms with Crippen molar-refractivity contribution in [3.8, 4) is 11.5 Å². The minimum atomic E-state index is -0.952. The number of methoxy groups -OCH3 is 1. The Balaban J connectivity index is 1.62. The smallest absolute Gasteiger partial charge is 0.266 e. The van der Waals surface area contributed by atoms with E-state index in [1.165, 1.54) is 18.1 Å². The van der Waals surface area contributed by atoms with Crippen molar-refractivity contribution >= 4 is 23.2 Å². The molecule has 0 bridgehead atoms. The number of nitrogens with zero attached hydrogens (tertiary/aromatic N) is 2. The Kier molecular flexibility index (Phi) is 4.83. The lowest BCUT2D eigenvalue weighted by Gasteiger charge is -2.29. The van der Waals surface area contributed by atoms with Gasteiger partial charge in [-0.1, -0.05) is 42.5 Å². The molecule has 32 heavy (non-hydrogen) atoms. The molecule has 1 N–H and O–H groups in total. The Morgan fingerprint density at radius 2 is 1.66 bits per heavy atom. The van der Waals surface area contributed by atoms with Crippen molar-refractivity contribution in [2.45, 2.75) is 19.1 Å². The normalized spacial score (nSPS) is 22.4. The van der Waals surface area contributed by atoms with E-state index in [0.717, 1.165) is 11.3 Å². The number of carbonyl (C=O) groups is 2. The number of benzene rings is 3. The molecule has 7 heteroatoms. The highest BCUT2D eigenvalue weighted by Crippen LogP contribution is 2.48. The van der Waals surface area contributed by atoms with Gasteiger partial charge in [0.1, 0.15) is 5.92 Å². The average molecular weight is 430 g/mol. The maximum absolute atomic E-state index is 13.6. The van der Waals surface area contributed by atoms with Crippen LogP contribution in [0.25, 0.3) is 0 Å². The van der Waals surface area contributed by atoms with Gasteiger partial charge in [0.25, 0.3) is 5.91 Å². The van der Waals surface area contributed by atoms with Gasteiger partial charge < -0.3 is 9.84 Å². The zero-order chi connectivity index (χ0) is 22.4. The second-order valence-electron chi connectivity index (χ2n) is 7.89. The van der Waals surface area contributed by atoms with Gasteiger partial charge in [-0.25, -0.2) is 9.96 Å². The van der Waals surface area contributed by atoms with Gasteiger partial charge in [-0.3, -0.25) is 14.4 Å². The maximum Gasteiger partial charge on any atom is 0.266 e. The van der Waals surface area contributed by atoms with Crippen molar-refractivity contribution in [2.75, 3.05) is 17.1 Å². The topological polar surface area (TPSA) is 79.3 Å². The molecule has 3 atom stereocenters. The zero-order valence-corrected chi connectivity index (χ0v) is 17.6. The van der Waals surface area contributed by atoms with Gasteiger partial charge in [-0.2, -0.15) is 0 Å². The molecule has 0 spiro atoms. The zero-order valence-electron chi connectivity index (χ0n) is 17.6. The molecular weight excluding hydrogens is 408 g/mol. The van der Waals surface area contributed by atoms with Crippen LogP contribution < -0.4 is 14.7 Å². The summed E-state index contributed by atoms with van der Waals surface area (Å²) < 4.78 is 5.28. The fraction of sp³-hybridized carbons (Fsp3) is 0.200. The molecular formula is C25H22N2O5. The molecule has 2 saturated heterocycles. The Bertz CT molecular complexity index is 1200. The van der Waals surface area contributed by atoms with Crippen LogP contribution in [0.5, 0.6) is 11.5 Å². The summed E-state index contributed by atoms with van der Waals surface area (Å²) in [4.78, 5) is 34.4. The monoisotopic (exact) mass is 430 g/mol. The number of aromatic hydroxyl groups is 1. The van der Waals surface area contributed by atoms with E-state index in [1.807, 2.05) is 49.4 Å². The molecule has 0 aliphatic carbocycles. The first kappa shape index (κ1) is 20.1. The summed E-state index contributed by atoms with van der Waals surface area (Å²) in [5.74, 6) is -1.18. The number of fused-ring (bicyclic) bond motifs is 1. The Labute approximate surface area is 185 Å². The molecule has 2 amide bonds. The minimum absolute atomic E-state index is 0.00617. The molecule has 5 rings (SSSR count). The quantitative estimate of drug-likeness (QED) is 0.635. The van der Waals surface area contributed by atoms with Crippen LogP contribution in [0.2, 0.25) is 0 Å². The number of aryl methyl sites for hydroxylation is 1. The first-order valence-electron chi connectivity index (χ1n) is 10.3. The predicted octanol–water partition coefficient (Wildman–Crippen LogP) is 3.76. The summed E-state index contributed by atoms with van der Waals surface area (Å²) in [6.45, 7) is 1.86. The number of phenols is 1. The van der Waals surface area contributed by atoms with E-state index < -0.39 is 18.1 Å². The minimum Gasteiger partial charge on any atom is -0.504 e. The third-order valence-electron chi connectivity index (χ3n) is 6.03. The third-order valence-corrected chi connectivity index (χ3v) is 6.03. The van der Waals surface area contributed by atoms with Crippen LogP contribution in [-0.4, -0.2) is 30.1 Å². The van der Waals surface area contributed by atoms with Crippen LogP contribution in [0.1, 0.15) is 17.2 Å². The van der Waals surface area contributed by atoms with Gasteiger partial charge in [0.05, 0.1) is 24.5 Å². The number of ether oxygens (including phenoxy) is 1. The van der Waals surface area contributed by atoms with Gasteiger partial charge >= 0.3 is 0 Å². The van der Waals surface area contributed by atoms with Crippen molar-refractivity contribution in [3.05, 3.63) is 83.9 Å². The van der Waals surface area contributed by atoms with E-state index in [9.17, 15) is 14.7 Å². The van der Waals surface area contributed by atoms with Crippen LogP contribution in [0.4, 0.5) is 11.4 Å². The molecule has 2 aliphatic rings.